The zero-order valence-corrected chi connectivity index (χ0v) is 19.5. The molecule has 0 aromatic carbocycles. The second-order valence-electron chi connectivity index (χ2n) is 10.5. The molecular weight excluding hydrogens is 456 g/mol. The van der Waals surface area contributed by atoms with Crippen molar-refractivity contribution in [1.29, 1.82) is 0 Å². The number of aliphatic hydroxyl groups is 1. The van der Waals surface area contributed by atoms with Gasteiger partial charge in [-0.3, -0.25) is 9.13 Å². The Kier molecular flexibility index (Phi) is 4.21. The van der Waals surface area contributed by atoms with Crippen molar-refractivity contribution >= 4 is 40.0 Å². The first kappa shape index (κ1) is 20.4. The molecule has 2 atom stereocenters. The number of hydrogen-bond donors (Lipinski definition) is 2. The van der Waals surface area contributed by atoms with E-state index in [4.69, 9.17) is 16.6 Å². The Bertz CT molecular complexity index is 1490. The number of nitrogens with one attached hydrogen (secondary N) is 1. The maximum Gasteiger partial charge on any atom is 0.330 e. The normalized spacial score (nSPS) is 30.0. The number of fused-ring (bicyclic) bond motifs is 2. The summed E-state index contributed by atoms with van der Waals surface area (Å²) in [4.78, 5) is 26.8. The number of aliphatic hydroxyl groups excluding tert-OH is 1. The van der Waals surface area contributed by atoms with Crippen molar-refractivity contribution in [2.75, 3.05) is 11.9 Å². The molecule has 4 saturated carbocycles. The fourth-order valence-electron chi connectivity index (χ4n) is 7.29. The van der Waals surface area contributed by atoms with Gasteiger partial charge in [-0.2, -0.15) is 10.1 Å². The van der Waals surface area contributed by atoms with Crippen molar-refractivity contribution in [2.45, 2.75) is 38.1 Å². The number of hydrogen-bond acceptors (Lipinski definition) is 7. The summed E-state index contributed by atoms with van der Waals surface area (Å²) in [5, 5.41) is 18.0. The van der Waals surface area contributed by atoms with Crippen LogP contribution in [0.15, 0.2) is 29.6 Å². The summed E-state index contributed by atoms with van der Waals surface area (Å²) < 4.78 is 5.17. The van der Waals surface area contributed by atoms with Crippen molar-refractivity contribution in [3.8, 4) is 0 Å². The van der Waals surface area contributed by atoms with Crippen LogP contribution < -0.4 is 11.0 Å². The van der Waals surface area contributed by atoms with Crippen LogP contribution >= 0.6 is 11.6 Å². The minimum absolute atomic E-state index is 0.0413. The Hall–Kier alpha value is -2.98. The van der Waals surface area contributed by atoms with E-state index in [1.54, 1.807) is 34.6 Å². The lowest BCUT2D eigenvalue weighted by atomic mass is 9.48. The third-order valence-electron chi connectivity index (χ3n) is 8.43. The first-order valence-electron chi connectivity index (χ1n) is 11.8. The highest BCUT2D eigenvalue weighted by atomic mass is 35.5. The van der Waals surface area contributed by atoms with E-state index >= 15 is 0 Å². The smallest absolute Gasteiger partial charge is 0.330 e. The first-order chi connectivity index (χ1) is 16.4. The van der Waals surface area contributed by atoms with Gasteiger partial charge >= 0.3 is 5.69 Å². The van der Waals surface area contributed by atoms with Gasteiger partial charge in [-0.25, -0.2) is 19.3 Å². The van der Waals surface area contributed by atoms with Crippen LogP contribution in [0.2, 0.25) is 5.02 Å². The molecule has 11 heteroatoms. The third kappa shape index (κ3) is 2.81. The molecule has 4 heterocycles. The van der Waals surface area contributed by atoms with Crippen LogP contribution in [0.5, 0.6) is 0 Å². The lowest BCUT2D eigenvalue weighted by Gasteiger charge is -2.59. The van der Waals surface area contributed by atoms with Crippen LogP contribution in [0.4, 0.5) is 11.6 Å². The van der Waals surface area contributed by atoms with E-state index in [2.05, 4.69) is 20.4 Å². The fraction of sp³-hybridized carbons (Fsp3) is 0.522. The van der Waals surface area contributed by atoms with Crippen LogP contribution in [-0.4, -0.2) is 45.4 Å². The molecular formula is C23H25ClN8O2. The summed E-state index contributed by atoms with van der Waals surface area (Å²) in [5.74, 6) is 1.80. The molecule has 0 aliphatic heterocycles. The number of nitrogens with zero attached hydrogens (tertiary/aromatic N) is 7. The Labute approximate surface area is 199 Å². The van der Waals surface area contributed by atoms with Crippen LogP contribution in [0.1, 0.15) is 38.1 Å². The lowest BCUT2D eigenvalue weighted by molar-refractivity contribution is -0.109. The zero-order valence-electron chi connectivity index (χ0n) is 18.7. The van der Waals surface area contributed by atoms with E-state index in [0.29, 0.717) is 51.2 Å². The van der Waals surface area contributed by atoms with Gasteiger partial charge in [0.2, 0.25) is 5.95 Å². The number of pyridine rings is 1. The summed E-state index contributed by atoms with van der Waals surface area (Å²) >= 11 is 6.44. The van der Waals surface area contributed by atoms with Crippen molar-refractivity contribution in [3.05, 3.63) is 40.3 Å². The maximum absolute atomic E-state index is 13.4. The predicted molar refractivity (Wildman–Crippen MR) is 126 cm³/mol. The van der Waals surface area contributed by atoms with Gasteiger partial charge in [0.05, 0.1) is 23.1 Å². The maximum atomic E-state index is 13.4. The van der Waals surface area contributed by atoms with Crippen LogP contribution in [0.3, 0.4) is 0 Å². The SMILES string of the molecule is Cn1c(=O)n(C2C3CC4CC2CC(CO)(C4)C3)c2nc(Nc3cn4ncnc4cc3Cl)ncc21. The Balaban J connectivity index is 1.31. The zero-order chi connectivity index (χ0) is 23.2. The molecule has 176 valence electrons. The van der Waals surface area contributed by atoms with Crippen LogP contribution in [-0.2, 0) is 7.05 Å². The highest BCUT2D eigenvalue weighted by Crippen LogP contribution is 2.63. The molecule has 2 unspecified atom stereocenters. The molecule has 10 nitrogen and oxygen atoms in total. The summed E-state index contributed by atoms with van der Waals surface area (Å²) in [6, 6.07) is 1.82. The molecule has 0 spiro atoms. The van der Waals surface area contributed by atoms with E-state index in [9.17, 15) is 9.90 Å². The number of aromatic nitrogens is 7. The predicted octanol–water partition coefficient (Wildman–Crippen LogP) is 2.93. The van der Waals surface area contributed by atoms with Crippen molar-refractivity contribution < 1.29 is 5.11 Å². The minimum Gasteiger partial charge on any atom is -0.396 e. The standard InChI is InChI=1S/C23H25ClN8O2/c1-30-17-8-25-21(28-16-9-31-18(4-15(16)24)26-11-27-31)29-20(17)32(22(30)34)19-13-2-12-3-14(19)7-23(5-12,6-13)10-33/h4,8-9,11-14,19,33H,2-3,5-7,10H2,1H3,(H,25,28,29). The molecule has 4 aliphatic rings. The van der Waals surface area contributed by atoms with E-state index in [-0.39, 0.29) is 23.8 Å². The van der Waals surface area contributed by atoms with Gasteiger partial charge in [0.1, 0.15) is 11.8 Å². The minimum atomic E-state index is -0.0564. The molecule has 4 aromatic heterocycles. The molecule has 4 aliphatic carbocycles. The highest BCUT2D eigenvalue weighted by molar-refractivity contribution is 6.33. The molecule has 0 saturated heterocycles. The van der Waals surface area contributed by atoms with Crippen molar-refractivity contribution in [1.82, 2.24) is 33.7 Å². The average molecular weight is 481 g/mol. The molecule has 4 fully saturated rings. The molecule has 0 radical (unpaired) electrons. The molecule has 2 N–H and O–H groups in total. The number of aryl methyl sites for hydroxylation is 1. The van der Waals surface area contributed by atoms with E-state index in [0.717, 1.165) is 32.1 Å². The first-order valence-corrected chi connectivity index (χ1v) is 12.1. The summed E-state index contributed by atoms with van der Waals surface area (Å²) in [6.07, 6.45) is 10.2. The summed E-state index contributed by atoms with van der Waals surface area (Å²) in [6.45, 7) is 0.251. The van der Waals surface area contributed by atoms with Gasteiger partial charge in [0.25, 0.3) is 0 Å². The van der Waals surface area contributed by atoms with E-state index < -0.39 is 0 Å². The van der Waals surface area contributed by atoms with Crippen molar-refractivity contribution in [2.24, 2.45) is 30.2 Å². The quantitative estimate of drug-likeness (QED) is 0.461. The molecule has 34 heavy (non-hydrogen) atoms. The van der Waals surface area contributed by atoms with Gasteiger partial charge in [-0.1, -0.05) is 11.6 Å². The highest BCUT2D eigenvalue weighted by Gasteiger charge is 2.56. The van der Waals surface area contributed by atoms with Crippen LogP contribution in [0, 0.1) is 23.2 Å². The number of halogens is 1. The van der Waals surface area contributed by atoms with Crippen molar-refractivity contribution in [3.63, 3.8) is 0 Å². The lowest BCUT2D eigenvalue weighted by Crippen LogP contribution is -2.54. The molecule has 0 amide bonds. The van der Waals surface area contributed by atoms with Gasteiger partial charge < -0.3 is 10.4 Å². The topological polar surface area (TPSA) is 115 Å². The number of anilines is 2. The van der Waals surface area contributed by atoms with Gasteiger partial charge in [-0.05, 0) is 55.3 Å². The Morgan fingerprint density at radius 2 is 2.03 bits per heavy atom. The third-order valence-corrected chi connectivity index (χ3v) is 8.74. The number of imidazole rings is 1. The largest absolute Gasteiger partial charge is 0.396 e. The van der Waals surface area contributed by atoms with E-state index in [1.807, 2.05) is 4.57 Å². The number of rotatable bonds is 4. The fourth-order valence-corrected chi connectivity index (χ4v) is 7.49. The van der Waals surface area contributed by atoms with Gasteiger partial charge in [0, 0.05) is 25.8 Å². The molecule has 4 bridgehead atoms. The average Bonchev–Trinajstić information content (AvgIpc) is 3.36. The molecule has 8 rings (SSSR count). The summed E-state index contributed by atoms with van der Waals surface area (Å²) in [7, 11) is 1.78. The van der Waals surface area contributed by atoms with Gasteiger partial charge in [-0.15, -0.1) is 0 Å². The summed E-state index contributed by atoms with van der Waals surface area (Å²) in [5.41, 5.74) is 2.57. The second-order valence-corrected chi connectivity index (χ2v) is 10.9. The molecule has 4 aromatic rings. The monoisotopic (exact) mass is 480 g/mol. The Morgan fingerprint density at radius 1 is 1.24 bits per heavy atom. The van der Waals surface area contributed by atoms with E-state index in [1.165, 1.54) is 6.33 Å². The van der Waals surface area contributed by atoms with Crippen LogP contribution in [0.25, 0.3) is 16.8 Å². The Morgan fingerprint density at radius 3 is 2.79 bits per heavy atom. The second kappa shape index (κ2) is 7.02. The van der Waals surface area contributed by atoms with Gasteiger partial charge in [0.15, 0.2) is 11.3 Å².